The lowest BCUT2D eigenvalue weighted by atomic mass is 10.1. The van der Waals surface area contributed by atoms with E-state index in [4.69, 9.17) is 33.2 Å². The Morgan fingerprint density at radius 2 is 1.59 bits per heavy atom. The molecule has 0 aromatic heterocycles. The van der Waals surface area contributed by atoms with Gasteiger partial charge in [-0.25, -0.2) is 0 Å². The summed E-state index contributed by atoms with van der Waals surface area (Å²) in [5, 5.41) is 0. The molecule has 0 saturated heterocycles. The molecule has 22 heavy (non-hydrogen) atoms. The van der Waals surface area contributed by atoms with E-state index in [9.17, 15) is 0 Å². The fourth-order valence-corrected chi connectivity index (χ4v) is 4.39. The van der Waals surface area contributed by atoms with E-state index in [1.54, 1.807) is 7.11 Å². The Labute approximate surface area is 135 Å². The summed E-state index contributed by atoms with van der Waals surface area (Å²) < 4.78 is 33.1. The lowest BCUT2D eigenvalue weighted by Crippen LogP contribution is -2.55. The van der Waals surface area contributed by atoms with Crippen LogP contribution in [0.5, 0.6) is 0 Å². The fourth-order valence-electron chi connectivity index (χ4n) is 1.96. The number of methoxy groups -OCH3 is 3. The second-order valence-electron chi connectivity index (χ2n) is 5.38. The van der Waals surface area contributed by atoms with Gasteiger partial charge >= 0.3 is 15.0 Å². The smallest absolute Gasteiger partial charge is 0.377 e. The maximum absolute atomic E-state index is 5.99. The van der Waals surface area contributed by atoms with Gasteiger partial charge in [0.25, 0.3) is 0 Å². The molecule has 0 aliphatic carbocycles. The molecule has 0 rings (SSSR count). The van der Waals surface area contributed by atoms with Crippen molar-refractivity contribution < 1.29 is 27.5 Å². The molecule has 0 fully saturated rings. The number of hydrogen-bond acceptors (Lipinski definition) is 7. The van der Waals surface area contributed by atoms with Gasteiger partial charge in [-0.3, -0.25) is 4.43 Å². The standard InChI is InChI=1S/C14H33NO6Si/c1-13(2)9-7-11-20-22(19-6,12-8-10-15)21-14(16-3,17-4)18-5/h13H,7-12,15H2,1-6H3. The van der Waals surface area contributed by atoms with Gasteiger partial charge in [0, 0.05) is 41.1 Å². The van der Waals surface area contributed by atoms with Crippen molar-refractivity contribution in [3.63, 3.8) is 0 Å². The van der Waals surface area contributed by atoms with Crippen molar-refractivity contribution in [2.45, 2.75) is 45.3 Å². The zero-order chi connectivity index (χ0) is 17.1. The molecule has 0 aliphatic rings. The third kappa shape index (κ3) is 7.47. The van der Waals surface area contributed by atoms with Crippen LogP contribution in [-0.4, -0.2) is 56.6 Å². The number of hydrogen-bond donors (Lipinski definition) is 1. The van der Waals surface area contributed by atoms with Crippen LogP contribution < -0.4 is 5.73 Å². The number of rotatable bonds is 14. The van der Waals surface area contributed by atoms with Crippen LogP contribution in [-0.2, 0) is 27.5 Å². The molecule has 2 N–H and O–H groups in total. The van der Waals surface area contributed by atoms with Gasteiger partial charge in [0.1, 0.15) is 0 Å². The molecule has 7 nitrogen and oxygen atoms in total. The first kappa shape index (κ1) is 21.9. The van der Waals surface area contributed by atoms with Crippen molar-refractivity contribution in [1.82, 2.24) is 0 Å². The molecule has 8 heteroatoms. The van der Waals surface area contributed by atoms with E-state index < -0.39 is 15.0 Å². The molecular weight excluding hydrogens is 306 g/mol. The Balaban J connectivity index is 4.89. The molecule has 0 spiro atoms. The quantitative estimate of drug-likeness (QED) is 0.294. The third-order valence-electron chi connectivity index (χ3n) is 3.28. The highest BCUT2D eigenvalue weighted by Gasteiger charge is 2.49. The predicted molar refractivity (Wildman–Crippen MR) is 86.1 cm³/mol. The Hall–Kier alpha value is -0.0631. The van der Waals surface area contributed by atoms with Crippen LogP contribution in [0.25, 0.3) is 0 Å². The van der Waals surface area contributed by atoms with Crippen LogP contribution in [0.1, 0.15) is 33.1 Å². The molecule has 0 aliphatic heterocycles. The van der Waals surface area contributed by atoms with Crippen molar-refractivity contribution in [3.05, 3.63) is 0 Å². The van der Waals surface area contributed by atoms with Crippen LogP contribution in [0, 0.1) is 5.92 Å². The normalized spacial score (nSPS) is 15.3. The van der Waals surface area contributed by atoms with E-state index >= 15 is 0 Å². The Morgan fingerprint density at radius 3 is 2.00 bits per heavy atom. The summed E-state index contributed by atoms with van der Waals surface area (Å²) in [5.74, 6) is 0.628. The van der Waals surface area contributed by atoms with Gasteiger partial charge in [-0.1, -0.05) is 13.8 Å². The Morgan fingerprint density at radius 1 is 1.00 bits per heavy atom. The summed E-state index contributed by atoms with van der Waals surface area (Å²) in [6, 6.07) is 0.569. The highest BCUT2D eigenvalue weighted by Crippen LogP contribution is 2.26. The number of nitrogens with two attached hydrogens (primary N) is 1. The highest BCUT2D eigenvalue weighted by molar-refractivity contribution is 6.60. The molecule has 0 amide bonds. The first-order valence-corrected chi connectivity index (χ1v) is 9.61. The Bertz CT molecular complexity index is 270. The third-order valence-corrected chi connectivity index (χ3v) is 6.07. The highest BCUT2D eigenvalue weighted by atomic mass is 28.4. The molecule has 0 aromatic rings. The van der Waals surface area contributed by atoms with Crippen molar-refractivity contribution >= 4 is 8.80 Å². The largest absolute Gasteiger partial charge is 0.506 e. The van der Waals surface area contributed by atoms with Crippen molar-refractivity contribution in [2.24, 2.45) is 11.7 Å². The predicted octanol–water partition coefficient (Wildman–Crippen LogP) is 1.94. The first-order chi connectivity index (χ1) is 10.4. The van der Waals surface area contributed by atoms with Crippen molar-refractivity contribution in [1.29, 1.82) is 0 Å². The van der Waals surface area contributed by atoms with E-state index in [2.05, 4.69) is 13.8 Å². The molecular formula is C14H33NO6Si. The average Bonchev–Trinajstić information content (AvgIpc) is 2.54. The van der Waals surface area contributed by atoms with Gasteiger partial charge in [-0.15, -0.1) is 0 Å². The van der Waals surface area contributed by atoms with Crippen LogP contribution in [0.15, 0.2) is 0 Å². The van der Waals surface area contributed by atoms with Crippen LogP contribution >= 0.6 is 0 Å². The fraction of sp³-hybridized carbons (Fsp3) is 1.00. The monoisotopic (exact) mass is 339 g/mol. The SMILES string of the molecule is COC(OC)(OC)O[Si](CCCN)(OC)OCCCC(C)C. The molecule has 0 saturated carbocycles. The first-order valence-electron chi connectivity index (χ1n) is 7.68. The van der Waals surface area contributed by atoms with Gasteiger partial charge in [0.2, 0.25) is 0 Å². The van der Waals surface area contributed by atoms with Crippen LogP contribution in [0.3, 0.4) is 0 Å². The summed E-state index contributed by atoms with van der Waals surface area (Å²) in [6.45, 7) is 5.43. The lowest BCUT2D eigenvalue weighted by molar-refractivity contribution is -0.460. The second-order valence-corrected chi connectivity index (χ2v) is 8.15. The Kier molecular flexibility index (Phi) is 11.4. The van der Waals surface area contributed by atoms with Gasteiger partial charge in [-0.2, -0.15) is 0 Å². The molecule has 1 atom stereocenters. The molecule has 134 valence electrons. The van der Waals surface area contributed by atoms with Gasteiger partial charge in [-0.05, 0) is 31.7 Å². The second kappa shape index (κ2) is 11.5. The van der Waals surface area contributed by atoms with E-state index in [0.29, 0.717) is 25.1 Å². The van der Waals surface area contributed by atoms with E-state index in [0.717, 1.165) is 19.3 Å². The summed E-state index contributed by atoms with van der Waals surface area (Å²) in [4.78, 5) is 0. The lowest BCUT2D eigenvalue weighted by Gasteiger charge is -2.36. The zero-order valence-electron chi connectivity index (χ0n) is 14.8. The molecule has 0 radical (unpaired) electrons. The summed E-state index contributed by atoms with van der Waals surface area (Å²) in [5.41, 5.74) is 5.61. The van der Waals surface area contributed by atoms with E-state index in [-0.39, 0.29) is 0 Å². The minimum absolute atomic E-state index is 0.525. The van der Waals surface area contributed by atoms with E-state index in [1.807, 2.05) is 0 Å². The topological polar surface area (TPSA) is 81.4 Å². The zero-order valence-corrected chi connectivity index (χ0v) is 15.8. The van der Waals surface area contributed by atoms with Gasteiger partial charge < -0.3 is 28.8 Å². The van der Waals surface area contributed by atoms with Gasteiger partial charge in [0.15, 0.2) is 0 Å². The summed E-state index contributed by atoms with van der Waals surface area (Å²) in [7, 11) is 2.85. The van der Waals surface area contributed by atoms with Crippen LogP contribution in [0.2, 0.25) is 6.04 Å². The maximum Gasteiger partial charge on any atom is 0.506 e. The molecule has 1 unspecified atom stereocenters. The van der Waals surface area contributed by atoms with E-state index in [1.165, 1.54) is 21.3 Å². The minimum atomic E-state index is -3.02. The summed E-state index contributed by atoms with van der Waals surface area (Å²) in [6.07, 6.45) is 1.10. The van der Waals surface area contributed by atoms with Crippen LogP contribution in [0.4, 0.5) is 0 Å². The average molecular weight is 340 g/mol. The molecule has 0 heterocycles. The minimum Gasteiger partial charge on any atom is -0.377 e. The van der Waals surface area contributed by atoms with Crippen molar-refractivity contribution in [3.8, 4) is 0 Å². The van der Waals surface area contributed by atoms with Gasteiger partial charge in [0.05, 0.1) is 0 Å². The molecule has 0 aromatic carbocycles. The maximum atomic E-state index is 5.99. The molecule has 0 bridgehead atoms. The number of ether oxygens (including phenoxy) is 3. The van der Waals surface area contributed by atoms with Crippen molar-refractivity contribution in [2.75, 3.05) is 41.6 Å². The summed E-state index contributed by atoms with van der Waals surface area (Å²) >= 11 is 0.